The van der Waals surface area contributed by atoms with Gasteiger partial charge < -0.3 is 10.5 Å². The molecular weight excluding hydrogens is 411 g/mol. The Bertz CT molecular complexity index is 710. The van der Waals surface area contributed by atoms with E-state index in [4.69, 9.17) is 10.5 Å². The van der Waals surface area contributed by atoms with Gasteiger partial charge in [0.2, 0.25) is 5.75 Å². The van der Waals surface area contributed by atoms with Crippen LogP contribution in [0.4, 0.5) is 10.1 Å². The second-order valence-electron chi connectivity index (χ2n) is 4.05. The normalized spacial score (nSPS) is 10.5. The predicted octanol–water partition coefficient (Wildman–Crippen LogP) is 4.51. The molecule has 0 aliphatic heterocycles. The lowest BCUT2D eigenvalue weighted by Gasteiger charge is -2.11. The van der Waals surface area contributed by atoms with Crippen LogP contribution in [0.1, 0.15) is 5.56 Å². The lowest BCUT2D eigenvalue weighted by molar-refractivity contribution is -0.385. The summed E-state index contributed by atoms with van der Waals surface area (Å²) in [6, 6.07) is 7.13. The van der Waals surface area contributed by atoms with E-state index in [9.17, 15) is 14.5 Å². The molecule has 21 heavy (non-hydrogen) atoms. The van der Waals surface area contributed by atoms with Crippen molar-refractivity contribution in [1.29, 1.82) is 0 Å². The molecule has 0 saturated heterocycles. The summed E-state index contributed by atoms with van der Waals surface area (Å²) in [5, 5.41) is 11.0. The lowest BCUT2D eigenvalue weighted by Crippen LogP contribution is -2.01. The van der Waals surface area contributed by atoms with Crippen LogP contribution in [0.2, 0.25) is 0 Å². The minimum atomic E-state index is -0.653. The van der Waals surface area contributed by atoms with Gasteiger partial charge in [-0.1, -0.05) is 22.0 Å². The van der Waals surface area contributed by atoms with Crippen molar-refractivity contribution >= 4 is 37.5 Å². The number of nitrogens with zero attached hydrogens (tertiary/aromatic N) is 1. The van der Waals surface area contributed by atoms with Crippen molar-refractivity contribution in [2.24, 2.45) is 5.73 Å². The highest BCUT2D eigenvalue weighted by Crippen LogP contribution is 2.37. The van der Waals surface area contributed by atoms with Gasteiger partial charge in [-0.05, 0) is 28.1 Å². The first-order valence-electron chi connectivity index (χ1n) is 5.72. The van der Waals surface area contributed by atoms with Gasteiger partial charge in [-0.3, -0.25) is 10.1 Å². The van der Waals surface area contributed by atoms with Gasteiger partial charge in [0, 0.05) is 28.7 Å². The molecule has 2 aromatic rings. The Morgan fingerprint density at radius 3 is 2.57 bits per heavy atom. The Morgan fingerprint density at radius 2 is 1.95 bits per heavy atom. The Morgan fingerprint density at radius 1 is 1.24 bits per heavy atom. The highest BCUT2D eigenvalue weighted by atomic mass is 79.9. The lowest BCUT2D eigenvalue weighted by atomic mass is 10.2. The minimum Gasteiger partial charge on any atom is -0.450 e. The summed E-state index contributed by atoms with van der Waals surface area (Å²) < 4.78 is 19.8. The Balaban J connectivity index is 2.51. The van der Waals surface area contributed by atoms with E-state index in [0.717, 1.165) is 16.6 Å². The van der Waals surface area contributed by atoms with Gasteiger partial charge in [-0.15, -0.1) is 0 Å². The molecule has 5 nitrogen and oxygen atoms in total. The van der Waals surface area contributed by atoms with Gasteiger partial charge in [0.25, 0.3) is 0 Å². The highest BCUT2D eigenvalue weighted by Gasteiger charge is 2.20. The molecule has 110 valence electrons. The Kier molecular flexibility index (Phi) is 4.92. The number of nitro benzene ring substituents is 1. The molecule has 0 spiro atoms. The van der Waals surface area contributed by atoms with Crippen LogP contribution < -0.4 is 10.5 Å². The number of hydrogen-bond acceptors (Lipinski definition) is 4. The first-order chi connectivity index (χ1) is 9.92. The summed E-state index contributed by atoms with van der Waals surface area (Å²) in [7, 11) is 0. The average Bonchev–Trinajstić information content (AvgIpc) is 2.42. The first kappa shape index (κ1) is 15.9. The van der Waals surface area contributed by atoms with Crippen molar-refractivity contribution in [1.82, 2.24) is 0 Å². The fourth-order valence-electron chi connectivity index (χ4n) is 1.65. The van der Waals surface area contributed by atoms with Crippen molar-refractivity contribution < 1.29 is 14.1 Å². The zero-order chi connectivity index (χ0) is 15.6. The summed E-state index contributed by atoms with van der Waals surface area (Å²) in [5.41, 5.74) is 5.90. The van der Waals surface area contributed by atoms with E-state index in [0.29, 0.717) is 11.3 Å². The van der Waals surface area contributed by atoms with Crippen LogP contribution in [0.5, 0.6) is 11.5 Å². The fraction of sp³-hybridized carbons (Fsp3) is 0.0769. The van der Waals surface area contributed by atoms with Crippen LogP contribution in [0.25, 0.3) is 0 Å². The Labute approximate surface area is 136 Å². The van der Waals surface area contributed by atoms with Crippen LogP contribution in [0, 0.1) is 15.9 Å². The van der Waals surface area contributed by atoms with Crippen molar-refractivity contribution in [3.63, 3.8) is 0 Å². The smallest absolute Gasteiger partial charge is 0.312 e. The number of rotatable bonds is 4. The van der Waals surface area contributed by atoms with E-state index >= 15 is 0 Å². The maximum Gasteiger partial charge on any atom is 0.312 e. The second-order valence-corrected chi connectivity index (χ2v) is 5.82. The van der Waals surface area contributed by atoms with Gasteiger partial charge in [0.1, 0.15) is 11.6 Å². The van der Waals surface area contributed by atoms with Crippen LogP contribution >= 0.6 is 31.9 Å². The molecule has 0 amide bonds. The SMILES string of the molecule is NCc1ccc(Br)cc1Oc1cc(F)c(Br)cc1[N+](=O)[O-]. The maximum atomic E-state index is 13.6. The van der Waals surface area contributed by atoms with E-state index in [1.165, 1.54) is 0 Å². The summed E-state index contributed by atoms with van der Waals surface area (Å²) in [4.78, 5) is 10.4. The zero-order valence-electron chi connectivity index (χ0n) is 10.5. The molecule has 0 radical (unpaired) electrons. The summed E-state index contributed by atoms with van der Waals surface area (Å²) in [6.45, 7) is 0.190. The highest BCUT2D eigenvalue weighted by molar-refractivity contribution is 9.10. The molecule has 0 fully saturated rings. The van der Waals surface area contributed by atoms with Crippen LogP contribution in [-0.4, -0.2) is 4.92 Å². The molecule has 2 N–H and O–H groups in total. The number of nitro groups is 1. The second kappa shape index (κ2) is 6.50. The van der Waals surface area contributed by atoms with Crippen molar-refractivity contribution in [3.8, 4) is 11.5 Å². The molecule has 0 saturated carbocycles. The molecule has 0 heterocycles. The average molecular weight is 420 g/mol. The number of hydrogen-bond donors (Lipinski definition) is 1. The maximum absolute atomic E-state index is 13.6. The Hall–Kier alpha value is -1.51. The molecule has 0 bridgehead atoms. The standard InChI is InChI=1S/C13H9Br2FN2O3/c14-8-2-1-7(6-17)12(3-8)21-13-5-10(16)9(15)4-11(13)18(19)20/h1-5H,6,17H2. The van der Waals surface area contributed by atoms with Gasteiger partial charge in [-0.2, -0.15) is 0 Å². The largest absolute Gasteiger partial charge is 0.450 e. The first-order valence-corrected chi connectivity index (χ1v) is 7.30. The van der Waals surface area contributed by atoms with E-state index in [2.05, 4.69) is 31.9 Å². The summed E-state index contributed by atoms with van der Waals surface area (Å²) in [6.07, 6.45) is 0. The number of halogens is 3. The third-order valence-corrected chi connectivity index (χ3v) is 3.77. The topological polar surface area (TPSA) is 78.4 Å². The van der Waals surface area contributed by atoms with E-state index < -0.39 is 10.7 Å². The fourth-order valence-corrected chi connectivity index (χ4v) is 2.32. The third kappa shape index (κ3) is 3.58. The molecule has 0 unspecified atom stereocenters. The zero-order valence-corrected chi connectivity index (χ0v) is 13.6. The minimum absolute atomic E-state index is 0.00478. The molecular formula is C13H9Br2FN2O3. The molecule has 8 heteroatoms. The predicted molar refractivity (Wildman–Crippen MR) is 82.9 cm³/mol. The van der Waals surface area contributed by atoms with E-state index in [-0.39, 0.29) is 22.5 Å². The quantitative estimate of drug-likeness (QED) is 0.584. The van der Waals surface area contributed by atoms with Gasteiger partial charge in [0.15, 0.2) is 0 Å². The number of ether oxygens (including phenoxy) is 1. The summed E-state index contributed by atoms with van der Waals surface area (Å²) in [5.74, 6) is -0.509. The molecule has 2 aromatic carbocycles. The molecule has 0 atom stereocenters. The third-order valence-electron chi connectivity index (χ3n) is 2.67. The van der Waals surface area contributed by atoms with Gasteiger partial charge >= 0.3 is 5.69 Å². The van der Waals surface area contributed by atoms with Crippen molar-refractivity contribution in [3.05, 3.63) is 60.8 Å². The van der Waals surface area contributed by atoms with Crippen LogP contribution in [0.15, 0.2) is 39.3 Å². The number of benzene rings is 2. The summed E-state index contributed by atoms with van der Waals surface area (Å²) >= 11 is 6.19. The van der Waals surface area contributed by atoms with Crippen molar-refractivity contribution in [2.45, 2.75) is 6.54 Å². The monoisotopic (exact) mass is 418 g/mol. The molecule has 0 aliphatic carbocycles. The molecule has 2 rings (SSSR count). The van der Waals surface area contributed by atoms with Crippen molar-refractivity contribution in [2.75, 3.05) is 0 Å². The number of nitrogens with two attached hydrogens (primary N) is 1. The van der Waals surface area contributed by atoms with Gasteiger partial charge in [-0.25, -0.2) is 4.39 Å². The van der Waals surface area contributed by atoms with Crippen LogP contribution in [0.3, 0.4) is 0 Å². The van der Waals surface area contributed by atoms with E-state index in [1.54, 1.807) is 18.2 Å². The molecule has 0 aliphatic rings. The van der Waals surface area contributed by atoms with E-state index in [1.807, 2.05) is 0 Å². The molecule has 0 aromatic heterocycles. The van der Waals surface area contributed by atoms with Gasteiger partial charge in [0.05, 0.1) is 9.40 Å². The van der Waals surface area contributed by atoms with Crippen LogP contribution in [-0.2, 0) is 6.54 Å².